The molecule has 0 aliphatic heterocycles. The number of thiol groups is 1. The first kappa shape index (κ1) is 8.89. The molecular formula is C6H7CuNS. The van der Waals surface area contributed by atoms with Crippen LogP contribution < -0.4 is 5.73 Å². The number of hydrogen-bond acceptors (Lipinski definition) is 2. The van der Waals surface area contributed by atoms with Crippen LogP contribution in [-0.2, 0) is 17.1 Å². The maximum absolute atomic E-state index is 5.44. The average molecular weight is 189 g/mol. The number of rotatable bonds is 0. The van der Waals surface area contributed by atoms with Crippen LogP contribution in [0.1, 0.15) is 0 Å². The normalized spacial score (nSPS) is 8.11. The molecule has 2 N–H and O–H groups in total. The second kappa shape index (κ2) is 3.83. The summed E-state index contributed by atoms with van der Waals surface area (Å²) in [4.78, 5) is 0.840. The largest absolute Gasteiger partial charge is 0.398 e. The number of nitrogen functional groups attached to an aromatic ring is 1. The Kier molecular flexibility index (Phi) is 3.78. The molecular weight excluding hydrogens is 182 g/mol. The summed E-state index contributed by atoms with van der Waals surface area (Å²) in [6.07, 6.45) is 0. The zero-order valence-electron chi connectivity index (χ0n) is 4.64. The molecule has 1 aromatic rings. The molecule has 1 aromatic carbocycles. The van der Waals surface area contributed by atoms with Crippen molar-refractivity contribution >= 4 is 18.3 Å². The van der Waals surface area contributed by atoms with Gasteiger partial charge in [0.05, 0.1) is 0 Å². The maximum Gasteiger partial charge on any atom is 0.0449 e. The fourth-order valence-corrected chi connectivity index (χ4v) is 0.648. The van der Waals surface area contributed by atoms with Crippen LogP contribution in [0.5, 0.6) is 0 Å². The van der Waals surface area contributed by atoms with Crippen molar-refractivity contribution in [3.63, 3.8) is 0 Å². The quantitative estimate of drug-likeness (QED) is 0.361. The van der Waals surface area contributed by atoms with Crippen LogP contribution >= 0.6 is 12.6 Å². The van der Waals surface area contributed by atoms with Gasteiger partial charge in [0.15, 0.2) is 0 Å². The van der Waals surface area contributed by atoms with Crippen molar-refractivity contribution in [3.05, 3.63) is 24.3 Å². The standard InChI is InChI=1S/C6H7NS.Cu/c7-5-3-1-2-4-6(5)8;/h1-4,8H,7H2;. The van der Waals surface area contributed by atoms with E-state index in [0.29, 0.717) is 0 Å². The van der Waals surface area contributed by atoms with Gasteiger partial charge in [-0.1, -0.05) is 12.1 Å². The van der Waals surface area contributed by atoms with Gasteiger partial charge in [-0.25, -0.2) is 0 Å². The van der Waals surface area contributed by atoms with Gasteiger partial charge in [0.2, 0.25) is 0 Å². The molecule has 0 spiro atoms. The molecule has 1 nitrogen and oxygen atoms in total. The van der Waals surface area contributed by atoms with Crippen molar-refractivity contribution in [2.75, 3.05) is 5.73 Å². The predicted molar refractivity (Wildman–Crippen MR) is 38.1 cm³/mol. The number of anilines is 1. The topological polar surface area (TPSA) is 26.0 Å². The molecule has 0 heterocycles. The van der Waals surface area contributed by atoms with E-state index in [2.05, 4.69) is 12.6 Å². The second-order valence-corrected chi connectivity index (χ2v) is 2.04. The molecule has 0 unspecified atom stereocenters. The molecule has 0 aliphatic rings. The van der Waals surface area contributed by atoms with E-state index in [9.17, 15) is 0 Å². The van der Waals surface area contributed by atoms with Gasteiger partial charge in [0.25, 0.3) is 0 Å². The fourth-order valence-electron chi connectivity index (χ4n) is 0.488. The van der Waals surface area contributed by atoms with Crippen LogP contribution in [0.2, 0.25) is 0 Å². The minimum absolute atomic E-state index is 0. The van der Waals surface area contributed by atoms with Crippen LogP contribution in [-0.4, -0.2) is 0 Å². The Morgan fingerprint density at radius 3 is 2.11 bits per heavy atom. The first-order valence-corrected chi connectivity index (χ1v) is 2.79. The molecule has 0 fully saturated rings. The molecule has 0 atom stereocenters. The third-order valence-corrected chi connectivity index (χ3v) is 1.34. The SMILES string of the molecule is Nc1ccccc1S.[Cu]. The van der Waals surface area contributed by atoms with Crippen molar-refractivity contribution in [2.24, 2.45) is 0 Å². The van der Waals surface area contributed by atoms with E-state index in [1.165, 1.54) is 0 Å². The zero-order valence-corrected chi connectivity index (χ0v) is 6.47. The molecule has 3 heteroatoms. The van der Waals surface area contributed by atoms with Crippen LogP contribution in [0, 0.1) is 0 Å². The number of hydrogen-bond donors (Lipinski definition) is 2. The van der Waals surface area contributed by atoms with E-state index in [1.54, 1.807) is 0 Å². The maximum atomic E-state index is 5.44. The van der Waals surface area contributed by atoms with Crippen molar-refractivity contribution in [2.45, 2.75) is 4.90 Å². The van der Waals surface area contributed by atoms with Gasteiger partial charge in [0, 0.05) is 27.7 Å². The summed E-state index contributed by atoms with van der Waals surface area (Å²) in [5.41, 5.74) is 6.18. The molecule has 0 bridgehead atoms. The molecule has 0 aromatic heterocycles. The van der Waals surface area contributed by atoms with Gasteiger partial charge in [0.1, 0.15) is 0 Å². The smallest absolute Gasteiger partial charge is 0.0449 e. The molecule has 1 rings (SSSR count). The second-order valence-electron chi connectivity index (χ2n) is 1.56. The summed E-state index contributed by atoms with van der Waals surface area (Å²) < 4.78 is 0. The van der Waals surface area contributed by atoms with Crippen molar-refractivity contribution in [1.82, 2.24) is 0 Å². The third-order valence-electron chi connectivity index (χ3n) is 0.937. The Balaban J connectivity index is 0.000000640. The summed E-state index contributed by atoms with van der Waals surface area (Å²) >= 11 is 4.07. The molecule has 0 saturated carbocycles. The summed E-state index contributed by atoms with van der Waals surface area (Å²) in [5, 5.41) is 0. The molecule has 53 valence electrons. The Labute approximate surface area is 70.5 Å². The van der Waals surface area contributed by atoms with Gasteiger partial charge in [-0.05, 0) is 12.1 Å². The Bertz CT molecular complexity index is 169. The fraction of sp³-hybridized carbons (Fsp3) is 0. The average Bonchev–Trinajstić information content (AvgIpc) is 1.77. The molecule has 1 radical (unpaired) electrons. The van der Waals surface area contributed by atoms with E-state index in [0.717, 1.165) is 10.6 Å². The van der Waals surface area contributed by atoms with E-state index in [1.807, 2.05) is 24.3 Å². The van der Waals surface area contributed by atoms with E-state index in [-0.39, 0.29) is 17.1 Å². The van der Waals surface area contributed by atoms with Crippen LogP contribution in [0.15, 0.2) is 29.2 Å². The van der Waals surface area contributed by atoms with Crippen LogP contribution in [0.25, 0.3) is 0 Å². The monoisotopic (exact) mass is 188 g/mol. The summed E-state index contributed by atoms with van der Waals surface area (Å²) in [6.45, 7) is 0. The Hall–Kier alpha value is -0.111. The van der Waals surface area contributed by atoms with Gasteiger partial charge >= 0.3 is 0 Å². The molecule has 0 amide bonds. The number of benzene rings is 1. The van der Waals surface area contributed by atoms with E-state index >= 15 is 0 Å². The first-order chi connectivity index (χ1) is 3.80. The molecule has 9 heavy (non-hydrogen) atoms. The predicted octanol–water partition coefficient (Wildman–Crippen LogP) is 1.55. The Morgan fingerprint density at radius 2 is 1.78 bits per heavy atom. The van der Waals surface area contributed by atoms with Crippen molar-refractivity contribution in [3.8, 4) is 0 Å². The minimum Gasteiger partial charge on any atom is -0.398 e. The number of para-hydroxylation sites is 1. The van der Waals surface area contributed by atoms with Crippen molar-refractivity contribution < 1.29 is 17.1 Å². The van der Waals surface area contributed by atoms with Crippen LogP contribution in [0.4, 0.5) is 5.69 Å². The van der Waals surface area contributed by atoms with Crippen molar-refractivity contribution in [1.29, 1.82) is 0 Å². The first-order valence-electron chi connectivity index (χ1n) is 2.34. The third kappa shape index (κ3) is 2.31. The van der Waals surface area contributed by atoms with Crippen LogP contribution in [0.3, 0.4) is 0 Å². The summed E-state index contributed by atoms with van der Waals surface area (Å²) in [5.74, 6) is 0. The molecule has 0 saturated heterocycles. The van der Waals surface area contributed by atoms with Gasteiger partial charge in [-0.15, -0.1) is 12.6 Å². The summed E-state index contributed by atoms with van der Waals surface area (Å²) in [7, 11) is 0. The molecule has 0 aliphatic carbocycles. The van der Waals surface area contributed by atoms with Gasteiger partial charge in [-0.3, -0.25) is 0 Å². The zero-order chi connectivity index (χ0) is 5.98. The summed E-state index contributed by atoms with van der Waals surface area (Å²) in [6, 6.07) is 7.47. The van der Waals surface area contributed by atoms with E-state index < -0.39 is 0 Å². The van der Waals surface area contributed by atoms with Gasteiger partial charge < -0.3 is 5.73 Å². The minimum atomic E-state index is 0. The van der Waals surface area contributed by atoms with Gasteiger partial charge in [-0.2, -0.15) is 0 Å². The van der Waals surface area contributed by atoms with E-state index in [4.69, 9.17) is 5.73 Å². The number of nitrogens with two attached hydrogens (primary N) is 1. The Morgan fingerprint density at radius 1 is 1.22 bits per heavy atom.